The van der Waals surface area contributed by atoms with Crippen molar-refractivity contribution < 1.29 is 8.78 Å². The Morgan fingerprint density at radius 2 is 1.89 bits per heavy atom. The van der Waals surface area contributed by atoms with Gasteiger partial charge in [0.15, 0.2) is 0 Å². The molecule has 1 N–H and O–H groups in total. The molecule has 2 aromatic carbocycles. The maximum Gasteiger partial charge on any atom is 0.128 e. The van der Waals surface area contributed by atoms with Gasteiger partial charge in [0, 0.05) is 16.1 Å². The maximum atomic E-state index is 13.7. The van der Waals surface area contributed by atoms with Crippen LogP contribution >= 0.6 is 11.8 Å². The SMILES string of the molecule is CSc1cccc(NC(C)c2cc(F)ccc2F)c1. The third kappa shape index (κ3) is 3.47. The summed E-state index contributed by atoms with van der Waals surface area (Å²) in [6, 6.07) is 11.0. The second-order valence-electron chi connectivity index (χ2n) is 4.26. The van der Waals surface area contributed by atoms with Crippen LogP contribution in [-0.2, 0) is 0 Å². The molecule has 0 aliphatic carbocycles. The molecule has 0 radical (unpaired) electrons. The summed E-state index contributed by atoms with van der Waals surface area (Å²) in [5.74, 6) is -0.828. The lowest BCUT2D eigenvalue weighted by molar-refractivity contribution is 0.577. The number of hydrogen-bond donors (Lipinski definition) is 1. The van der Waals surface area contributed by atoms with Crippen molar-refractivity contribution in [3.63, 3.8) is 0 Å². The number of rotatable bonds is 4. The highest BCUT2D eigenvalue weighted by atomic mass is 32.2. The Kier molecular flexibility index (Phi) is 4.43. The van der Waals surface area contributed by atoms with Crippen molar-refractivity contribution in [2.24, 2.45) is 0 Å². The fraction of sp³-hybridized carbons (Fsp3) is 0.200. The second kappa shape index (κ2) is 6.06. The van der Waals surface area contributed by atoms with Crippen molar-refractivity contribution in [3.8, 4) is 0 Å². The van der Waals surface area contributed by atoms with E-state index < -0.39 is 11.6 Å². The van der Waals surface area contributed by atoms with Crippen LogP contribution in [0.4, 0.5) is 14.5 Å². The van der Waals surface area contributed by atoms with Gasteiger partial charge in [-0.3, -0.25) is 0 Å². The Morgan fingerprint density at radius 3 is 2.63 bits per heavy atom. The van der Waals surface area contributed by atoms with Gasteiger partial charge >= 0.3 is 0 Å². The first-order chi connectivity index (χ1) is 9.10. The first-order valence-corrected chi connectivity index (χ1v) is 7.18. The van der Waals surface area contributed by atoms with E-state index in [0.29, 0.717) is 5.56 Å². The van der Waals surface area contributed by atoms with E-state index in [1.165, 1.54) is 6.07 Å². The van der Waals surface area contributed by atoms with Crippen LogP contribution in [0, 0.1) is 11.6 Å². The Bertz CT molecular complexity index is 572. The highest BCUT2D eigenvalue weighted by Gasteiger charge is 2.12. The molecule has 0 saturated heterocycles. The Morgan fingerprint density at radius 1 is 1.11 bits per heavy atom. The van der Waals surface area contributed by atoms with Crippen molar-refractivity contribution >= 4 is 17.4 Å². The summed E-state index contributed by atoms with van der Waals surface area (Å²) in [6.07, 6.45) is 1.99. The monoisotopic (exact) mass is 279 g/mol. The van der Waals surface area contributed by atoms with Crippen molar-refractivity contribution in [1.82, 2.24) is 0 Å². The lowest BCUT2D eigenvalue weighted by Gasteiger charge is -2.17. The summed E-state index contributed by atoms with van der Waals surface area (Å²) in [4.78, 5) is 1.12. The molecular formula is C15H15F2NS. The zero-order valence-corrected chi connectivity index (χ0v) is 11.6. The minimum absolute atomic E-state index is 0.298. The van der Waals surface area contributed by atoms with Crippen LogP contribution in [0.1, 0.15) is 18.5 Å². The predicted molar refractivity (Wildman–Crippen MR) is 76.6 cm³/mol. The Balaban J connectivity index is 2.20. The van der Waals surface area contributed by atoms with Gasteiger partial charge in [-0.15, -0.1) is 11.8 Å². The quantitative estimate of drug-likeness (QED) is 0.802. The van der Waals surface area contributed by atoms with Crippen LogP contribution in [0.15, 0.2) is 47.4 Å². The molecule has 0 spiro atoms. The number of halogens is 2. The average Bonchev–Trinajstić information content (AvgIpc) is 2.41. The van der Waals surface area contributed by atoms with Crippen LogP contribution in [0.2, 0.25) is 0 Å². The van der Waals surface area contributed by atoms with Crippen molar-refractivity contribution in [2.45, 2.75) is 17.9 Å². The maximum absolute atomic E-state index is 13.7. The van der Waals surface area contributed by atoms with E-state index in [1.54, 1.807) is 11.8 Å². The molecule has 0 heterocycles. The van der Waals surface area contributed by atoms with Crippen LogP contribution in [0.5, 0.6) is 0 Å². The minimum Gasteiger partial charge on any atom is -0.378 e. The summed E-state index contributed by atoms with van der Waals surface area (Å²) in [7, 11) is 0. The van der Waals surface area contributed by atoms with Gasteiger partial charge in [0.25, 0.3) is 0 Å². The van der Waals surface area contributed by atoms with Gasteiger partial charge < -0.3 is 5.32 Å². The van der Waals surface area contributed by atoms with E-state index in [4.69, 9.17) is 0 Å². The minimum atomic E-state index is -0.428. The zero-order chi connectivity index (χ0) is 13.8. The molecule has 2 aromatic rings. The smallest absolute Gasteiger partial charge is 0.128 e. The normalized spacial score (nSPS) is 12.2. The van der Waals surface area contributed by atoms with Gasteiger partial charge in [-0.05, 0) is 49.6 Å². The standard InChI is InChI=1S/C15H15F2NS/c1-10(14-8-11(16)6-7-15(14)17)18-12-4-3-5-13(9-12)19-2/h3-10,18H,1-2H3. The molecule has 1 atom stereocenters. The summed E-state index contributed by atoms with van der Waals surface area (Å²) in [5.41, 5.74) is 1.22. The second-order valence-corrected chi connectivity index (χ2v) is 5.14. The largest absolute Gasteiger partial charge is 0.378 e. The molecule has 0 fully saturated rings. The van der Waals surface area contributed by atoms with Gasteiger partial charge in [-0.1, -0.05) is 6.07 Å². The van der Waals surface area contributed by atoms with E-state index in [2.05, 4.69) is 5.32 Å². The van der Waals surface area contributed by atoms with E-state index in [0.717, 1.165) is 22.7 Å². The van der Waals surface area contributed by atoms with Gasteiger partial charge in [0.2, 0.25) is 0 Å². The first kappa shape index (κ1) is 13.9. The molecule has 0 aliphatic rings. The third-order valence-corrected chi connectivity index (χ3v) is 3.60. The van der Waals surface area contributed by atoms with E-state index >= 15 is 0 Å². The molecule has 1 nitrogen and oxygen atoms in total. The lowest BCUT2D eigenvalue weighted by atomic mass is 10.1. The topological polar surface area (TPSA) is 12.0 Å². The molecule has 0 amide bonds. The molecule has 0 bridgehead atoms. The van der Waals surface area contributed by atoms with Crippen LogP contribution in [0.25, 0.3) is 0 Å². The van der Waals surface area contributed by atoms with Gasteiger partial charge in [0.1, 0.15) is 11.6 Å². The molecule has 1 unspecified atom stereocenters. The van der Waals surface area contributed by atoms with Crippen molar-refractivity contribution in [3.05, 3.63) is 59.7 Å². The highest BCUT2D eigenvalue weighted by molar-refractivity contribution is 7.98. The molecule has 19 heavy (non-hydrogen) atoms. The van der Waals surface area contributed by atoms with E-state index in [9.17, 15) is 8.78 Å². The Labute approximate surface area is 116 Å². The zero-order valence-electron chi connectivity index (χ0n) is 10.8. The number of anilines is 1. The highest BCUT2D eigenvalue weighted by Crippen LogP contribution is 2.25. The van der Waals surface area contributed by atoms with Gasteiger partial charge in [-0.2, -0.15) is 0 Å². The first-order valence-electron chi connectivity index (χ1n) is 5.95. The van der Waals surface area contributed by atoms with Gasteiger partial charge in [0.05, 0.1) is 6.04 Å². The number of hydrogen-bond acceptors (Lipinski definition) is 2. The summed E-state index contributed by atoms with van der Waals surface area (Å²) in [5, 5.41) is 3.18. The molecule has 0 aliphatic heterocycles. The molecule has 4 heteroatoms. The van der Waals surface area contributed by atoms with E-state index in [-0.39, 0.29) is 6.04 Å². The summed E-state index contributed by atoms with van der Waals surface area (Å²) in [6.45, 7) is 1.81. The van der Waals surface area contributed by atoms with Crippen LogP contribution < -0.4 is 5.32 Å². The molecule has 0 saturated carbocycles. The van der Waals surface area contributed by atoms with Gasteiger partial charge in [-0.25, -0.2) is 8.78 Å². The average molecular weight is 279 g/mol. The van der Waals surface area contributed by atoms with Crippen LogP contribution in [-0.4, -0.2) is 6.26 Å². The third-order valence-electron chi connectivity index (χ3n) is 2.88. The summed E-state index contributed by atoms with van der Waals surface area (Å²) < 4.78 is 26.8. The van der Waals surface area contributed by atoms with Crippen LogP contribution in [0.3, 0.4) is 0 Å². The summed E-state index contributed by atoms with van der Waals surface area (Å²) >= 11 is 1.64. The molecule has 0 aromatic heterocycles. The number of nitrogens with one attached hydrogen (secondary N) is 1. The Hall–Kier alpha value is -1.55. The number of benzene rings is 2. The fourth-order valence-electron chi connectivity index (χ4n) is 1.89. The predicted octanol–water partition coefficient (Wildman–Crippen LogP) is 4.86. The molecular weight excluding hydrogens is 264 g/mol. The van der Waals surface area contributed by atoms with Crippen molar-refractivity contribution in [2.75, 3.05) is 11.6 Å². The van der Waals surface area contributed by atoms with Crippen molar-refractivity contribution in [1.29, 1.82) is 0 Å². The van der Waals surface area contributed by atoms with E-state index in [1.807, 2.05) is 37.4 Å². The fourth-order valence-corrected chi connectivity index (χ4v) is 2.35. The molecule has 100 valence electrons. The lowest BCUT2D eigenvalue weighted by Crippen LogP contribution is -2.09. The molecule has 2 rings (SSSR count). The number of thioether (sulfide) groups is 1.